The van der Waals surface area contributed by atoms with Crippen LogP contribution in [0, 0.1) is 17.2 Å². The lowest BCUT2D eigenvalue weighted by Crippen LogP contribution is -2.47. The van der Waals surface area contributed by atoms with E-state index in [9.17, 15) is 10.1 Å². The van der Waals surface area contributed by atoms with E-state index in [1.54, 1.807) is 18.5 Å². The second-order valence-corrected chi connectivity index (χ2v) is 7.44. The van der Waals surface area contributed by atoms with Gasteiger partial charge in [0.05, 0.1) is 37.1 Å². The predicted octanol–water partition coefficient (Wildman–Crippen LogP) is 0.775. The summed E-state index contributed by atoms with van der Waals surface area (Å²) in [6.45, 7) is 7.08. The zero-order chi connectivity index (χ0) is 19.5. The molecular weight excluding hydrogens is 356 g/mol. The number of anilines is 1. The monoisotopic (exact) mass is 380 g/mol. The van der Waals surface area contributed by atoms with Gasteiger partial charge in [0.25, 0.3) is 0 Å². The number of morpholine rings is 1. The topological polar surface area (TPSA) is 94.4 Å². The highest BCUT2D eigenvalue weighted by Crippen LogP contribution is 2.30. The summed E-state index contributed by atoms with van der Waals surface area (Å²) in [4.78, 5) is 25.6. The van der Waals surface area contributed by atoms with E-state index in [4.69, 9.17) is 4.74 Å². The summed E-state index contributed by atoms with van der Waals surface area (Å²) in [5.74, 6) is 0.376. The largest absolute Gasteiger partial charge is 0.379 e. The molecular formula is C20H24N6O2. The SMILES string of the molecule is C[C@@H]1CN(c2ccc(C#N)c3nccnc23)CC1NC(=O)CN1CCOCC1. The molecule has 8 nitrogen and oxygen atoms in total. The molecule has 2 saturated heterocycles. The number of carbonyl (C=O) groups excluding carboxylic acids is 1. The molecule has 0 aliphatic carbocycles. The van der Waals surface area contributed by atoms with Crippen molar-refractivity contribution in [2.75, 3.05) is 50.8 Å². The van der Waals surface area contributed by atoms with Gasteiger partial charge in [-0.15, -0.1) is 0 Å². The quantitative estimate of drug-likeness (QED) is 0.837. The number of nitrogens with zero attached hydrogens (tertiary/aromatic N) is 5. The minimum absolute atomic E-state index is 0.0603. The van der Waals surface area contributed by atoms with Crippen LogP contribution in [0.5, 0.6) is 0 Å². The molecule has 4 rings (SSSR count). The molecule has 28 heavy (non-hydrogen) atoms. The van der Waals surface area contributed by atoms with Crippen molar-refractivity contribution in [3.63, 3.8) is 0 Å². The number of ether oxygens (including phenoxy) is 1. The molecule has 0 bridgehead atoms. The Kier molecular flexibility index (Phi) is 5.37. The van der Waals surface area contributed by atoms with Gasteiger partial charge in [0, 0.05) is 38.6 Å². The molecule has 1 unspecified atom stereocenters. The van der Waals surface area contributed by atoms with Crippen LogP contribution in [-0.2, 0) is 9.53 Å². The van der Waals surface area contributed by atoms with Gasteiger partial charge in [-0.3, -0.25) is 19.7 Å². The molecule has 2 fully saturated rings. The van der Waals surface area contributed by atoms with Gasteiger partial charge in [-0.05, 0) is 18.1 Å². The number of nitrogens with one attached hydrogen (secondary N) is 1. The van der Waals surface area contributed by atoms with Gasteiger partial charge in [-0.1, -0.05) is 6.92 Å². The Labute approximate surface area is 164 Å². The smallest absolute Gasteiger partial charge is 0.234 e. The molecule has 2 aromatic rings. The zero-order valence-corrected chi connectivity index (χ0v) is 16.0. The average Bonchev–Trinajstić information content (AvgIpc) is 3.07. The minimum Gasteiger partial charge on any atom is -0.379 e. The van der Waals surface area contributed by atoms with Crippen molar-refractivity contribution < 1.29 is 9.53 Å². The summed E-state index contributed by atoms with van der Waals surface area (Å²) in [7, 11) is 0. The Morgan fingerprint density at radius 3 is 2.75 bits per heavy atom. The van der Waals surface area contributed by atoms with Crippen molar-refractivity contribution >= 4 is 22.6 Å². The molecule has 8 heteroatoms. The predicted molar refractivity (Wildman–Crippen MR) is 105 cm³/mol. The van der Waals surface area contributed by atoms with Crippen LogP contribution in [0.25, 0.3) is 11.0 Å². The zero-order valence-electron chi connectivity index (χ0n) is 16.0. The molecule has 0 spiro atoms. The van der Waals surface area contributed by atoms with Gasteiger partial charge in [0.1, 0.15) is 17.1 Å². The summed E-state index contributed by atoms with van der Waals surface area (Å²) in [5.41, 5.74) is 2.83. The first-order chi connectivity index (χ1) is 13.7. The normalized spacial score (nSPS) is 22.9. The lowest BCUT2D eigenvalue weighted by atomic mass is 10.1. The van der Waals surface area contributed by atoms with Crippen molar-refractivity contribution in [3.05, 3.63) is 30.1 Å². The van der Waals surface area contributed by atoms with Crippen molar-refractivity contribution in [2.24, 2.45) is 5.92 Å². The summed E-state index contributed by atoms with van der Waals surface area (Å²) in [6, 6.07) is 5.98. The van der Waals surface area contributed by atoms with Crippen LogP contribution in [0.1, 0.15) is 12.5 Å². The number of hydrogen-bond donors (Lipinski definition) is 1. The molecule has 2 atom stereocenters. The Balaban J connectivity index is 1.46. The van der Waals surface area contributed by atoms with Crippen LogP contribution in [0.2, 0.25) is 0 Å². The van der Waals surface area contributed by atoms with E-state index in [1.165, 1.54) is 0 Å². The van der Waals surface area contributed by atoms with Crippen molar-refractivity contribution in [1.82, 2.24) is 20.2 Å². The first kappa shape index (κ1) is 18.6. The van der Waals surface area contributed by atoms with E-state index in [1.807, 2.05) is 6.07 Å². The Morgan fingerprint density at radius 2 is 2.00 bits per heavy atom. The molecule has 146 valence electrons. The Morgan fingerprint density at radius 1 is 1.25 bits per heavy atom. The molecule has 1 amide bonds. The van der Waals surface area contributed by atoms with Crippen LogP contribution in [-0.4, -0.2) is 72.8 Å². The molecule has 1 aromatic heterocycles. The Bertz CT molecular complexity index is 905. The highest BCUT2D eigenvalue weighted by molar-refractivity contribution is 5.92. The van der Waals surface area contributed by atoms with E-state index < -0.39 is 0 Å². The Hall–Kier alpha value is -2.76. The lowest BCUT2D eigenvalue weighted by molar-refractivity contribution is -0.124. The summed E-state index contributed by atoms with van der Waals surface area (Å²) in [6.07, 6.45) is 3.25. The fraction of sp³-hybridized carbons (Fsp3) is 0.500. The van der Waals surface area contributed by atoms with Gasteiger partial charge in [0.15, 0.2) is 0 Å². The van der Waals surface area contributed by atoms with E-state index >= 15 is 0 Å². The van der Waals surface area contributed by atoms with Gasteiger partial charge in [0.2, 0.25) is 5.91 Å². The van der Waals surface area contributed by atoms with Crippen LogP contribution in [0.15, 0.2) is 24.5 Å². The lowest BCUT2D eigenvalue weighted by Gasteiger charge is -2.27. The fourth-order valence-corrected chi connectivity index (χ4v) is 3.95. The summed E-state index contributed by atoms with van der Waals surface area (Å²) < 4.78 is 5.34. The van der Waals surface area contributed by atoms with E-state index in [0.29, 0.717) is 43.3 Å². The van der Waals surface area contributed by atoms with Crippen molar-refractivity contribution in [3.8, 4) is 6.07 Å². The highest BCUT2D eigenvalue weighted by Gasteiger charge is 2.32. The molecule has 0 saturated carbocycles. The molecule has 3 heterocycles. The van der Waals surface area contributed by atoms with Crippen LogP contribution in [0.4, 0.5) is 5.69 Å². The fourth-order valence-electron chi connectivity index (χ4n) is 3.95. The van der Waals surface area contributed by atoms with Crippen LogP contribution < -0.4 is 10.2 Å². The van der Waals surface area contributed by atoms with E-state index in [-0.39, 0.29) is 11.9 Å². The standard InChI is InChI=1S/C20H24N6O2/c1-14-11-26(12-16(14)24-18(27)13-25-6-8-28-9-7-25)17-3-2-15(10-21)19-20(17)23-5-4-22-19/h2-5,14,16H,6-9,11-13H2,1H3,(H,24,27)/t14-,16?/m1/s1. The average molecular weight is 380 g/mol. The third-order valence-electron chi connectivity index (χ3n) is 5.49. The number of amides is 1. The maximum absolute atomic E-state index is 12.5. The maximum Gasteiger partial charge on any atom is 0.234 e. The van der Waals surface area contributed by atoms with E-state index in [2.05, 4.69) is 38.1 Å². The van der Waals surface area contributed by atoms with Gasteiger partial charge in [-0.2, -0.15) is 5.26 Å². The molecule has 1 N–H and O–H groups in total. The summed E-state index contributed by atoms with van der Waals surface area (Å²) in [5, 5.41) is 12.5. The van der Waals surface area contributed by atoms with Gasteiger partial charge >= 0.3 is 0 Å². The highest BCUT2D eigenvalue weighted by atomic mass is 16.5. The summed E-state index contributed by atoms with van der Waals surface area (Å²) >= 11 is 0. The van der Waals surface area contributed by atoms with Gasteiger partial charge < -0.3 is 15.0 Å². The third kappa shape index (κ3) is 3.77. The number of carbonyl (C=O) groups is 1. The number of nitriles is 1. The second kappa shape index (κ2) is 8.09. The number of fused-ring (bicyclic) bond motifs is 1. The van der Waals surface area contributed by atoms with E-state index in [0.717, 1.165) is 30.8 Å². The molecule has 1 aromatic carbocycles. The number of aromatic nitrogens is 2. The van der Waals surface area contributed by atoms with Gasteiger partial charge in [-0.25, -0.2) is 0 Å². The minimum atomic E-state index is 0.0603. The molecule has 0 radical (unpaired) electrons. The molecule has 2 aliphatic rings. The third-order valence-corrected chi connectivity index (χ3v) is 5.49. The maximum atomic E-state index is 12.5. The number of rotatable bonds is 4. The molecule has 2 aliphatic heterocycles. The number of benzene rings is 1. The van der Waals surface area contributed by atoms with Crippen molar-refractivity contribution in [1.29, 1.82) is 5.26 Å². The first-order valence-corrected chi connectivity index (χ1v) is 9.64. The van der Waals surface area contributed by atoms with Crippen LogP contribution in [0.3, 0.4) is 0 Å². The first-order valence-electron chi connectivity index (χ1n) is 9.64. The van der Waals surface area contributed by atoms with Crippen LogP contribution >= 0.6 is 0 Å². The van der Waals surface area contributed by atoms with Crippen molar-refractivity contribution in [2.45, 2.75) is 13.0 Å². The second-order valence-electron chi connectivity index (χ2n) is 7.44. The number of hydrogen-bond acceptors (Lipinski definition) is 7.